The number of hydrogen-bond acceptors (Lipinski definition) is 4. The summed E-state index contributed by atoms with van der Waals surface area (Å²) in [6.07, 6.45) is 4.94. The van der Waals surface area contributed by atoms with Gasteiger partial charge < -0.3 is 4.74 Å². The normalized spacial score (nSPS) is 10.3. The topological polar surface area (TPSA) is 52.8 Å². The van der Waals surface area contributed by atoms with E-state index in [4.69, 9.17) is 16.3 Å². The molecular formula is C9H9ClN4O. The van der Waals surface area contributed by atoms with Gasteiger partial charge in [0.15, 0.2) is 11.6 Å². The van der Waals surface area contributed by atoms with Crippen molar-refractivity contribution in [3.8, 4) is 11.6 Å². The number of rotatable bonds is 3. The van der Waals surface area contributed by atoms with Crippen LogP contribution in [0.1, 0.15) is 6.92 Å². The zero-order valence-electron chi connectivity index (χ0n) is 8.09. The number of aromatic nitrogens is 4. The van der Waals surface area contributed by atoms with Crippen LogP contribution in [0.15, 0.2) is 24.7 Å². The molecule has 0 aliphatic carbocycles. The number of ether oxygens (including phenoxy) is 1. The van der Waals surface area contributed by atoms with E-state index in [1.54, 1.807) is 29.3 Å². The van der Waals surface area contributed by atoms with E-state index in [1.807, 2.05) is 6.92 Å². The molecule has 0 aliphatic heterocycles. The highest BCUT2D eigenvalue weighted by Gasteiger charge is 2.02. The molecule has 0 saturated carbocycles. The fourth-order valence-electron chi connectivity index (χ4n) is 1.13. The molecule has 0 spiro atoms. The predicted molar refractivity (Wildman–Crippen MR) is 55.3 cm³/mol. The number of nitrogens with zero attached hydrogens (tertiary/aromatic N) is 4. The van der Waals surface area contributed by atoms with Crippen LogP contribution < -0.4 is 4.74 Å². The predicted octanol–water partition coefficient (Wildman–Crippen LogP) is 1.71. The van der Waals surface area contributed by atoms with Crippen molar-refractivity contribution in [2.45, 2.75) is 6.92 Å². The van der Waals surface area contributed by atoms with Gasteiger partial charge in [0.1, 0.15) is 0 Å². The first-order valence-electron chi connectivity index (χ1n) is 4.46. The third kappa shape index (κ3) is 2.24. The average Bonchev–Trinajstić information content (AvgIpc) is 2.67. The maximum atomic E-state index is 5.67. The summed E-state index contributed by atoms with van der Waals surface area (Å²) in [4.78, 5) is 7.81. The molecule has 0 radical (unpaired) electrons. The Bertz CT molecular complexity index is 457. The molecule has 6 heteroatoms. The SMILES string of the molecule is CCOc1cnn(-c2ccnc(Cl)n2)c1. The molecule has 5 nitrogen and oxygen atoms in total. The van der Waals surface area contributed by atoms with Gasteiger partial charge in [-0.1, -0.05) is 0 Å². The maximum Gasteiger partial charge on any atom is 0.224 e. The van der Waals surface area contributed by atoms with Gasteiger partial charge in [0.2, 0.25) is 5.28 Å². The van der Waals surface area contributed by atoms with Crippen LogP contribution in [-0.2, 0) is 0 Å². The van der Waals surface area contributed by atoms with Crippen molar-refractivity contribution in [3.63, 3.8) is 0 Å². The third-order valence-corrected chi connectivity index (χ3v) is 1.90. The van der Waals surface area contributed by atoms with Crippen molar-refractivity contribution in [1.29, 1.82) is 0 Å². The quantitative estimate of drug-likeness (QED) is 0.745. The zero-order valence-corrected chi connectivity index (χ0v) is 8.85. The largest absolute Gasteiger partial charge is 0.491 e. The monoisotopic (exact) mass is 224 g/mol. The van der Waals surface area contributed by atoms with Crippen LogP contribution in [0.4, 0.5) is 0 Å². The lowest BCUT2D eigenvalue weighted by Crippen LogP contribution is -1.98. The molecule has 0 aromatic carbocycles. The van der Waals surface area contributed by atoms with Crippen LogP contribution in [-0.4, -0.2) is 26.4 Å². The minimum atomic E-state index is 0.195. The molecule has 2 rings (SSSR count). The molecule has 0 fully saturated rings. The Morgan fingerprint density at radius 2 is 2.40 bits per heavy atom. The van der Waals surface area contributed by atoms with Gasteiger partial charge in [-0.05, 0) is 18.5 Å². The highest BCUT2D eigenvalue weighted by Crippen LogP contribution is 2.12. The molecule has 0 atom stereocenters. The standard InChI is InChI=1S/C9H9ClN4O/c1-2-15-7-5-12-14(6-7)8-3-4-11-9(10)13-8/h3-6H,2H2,1H3. The van der Waals surface area contributed by atoms with E-state index >= 15 is 0 Å². The molecule has 0 N–H and O–H groups in total. The maximum absolute atomic E-state index is 5.67. The Labute approximate surface area is 91.7 Å². The molecule has 2 heterocycles. The molecule has 0 unspecified atom stereocenters. The van der Waals surface area contributed by atoms with E-state index < -0.39 is 0 Å². The van der Waals surface area contributed by atoms with Crippen LogP contribution in [0.5, 0.6) is 5.75 Å². The molecule has 0 amide bonds. The van der Waals surface area contributed by atoms with Crippen LogP contribution >= 0.6 is 11.6 Å². The fraction of sp³-hybridized carbons (Fsp3) is 0.222. The minimum Gasteiger partial charge on any atom is -0.491 e. The smallest absolute Gasteiger partial charge is 0.224 e. The van der Waals surface area contributed by atoms with Crippen molar-refractivity contribution >= 4 is 11.6 Å². The van der Waals surface area contributed by atoms with Gasteiger partial charge in [0.25, 0.3) is 0 Å². The number of hydrogen-bond donors (Lipinski definition) is 0. The Morgan fingerprint density at radius 1 is 1.53 bits per heavy atom. The summed E-state index contributed by atoms with van der Waals surface area (Å²) >= 11 is 5.67. The zero-order chi connectivity index (χ0) is 10.7. The molecule has 78 valence electrons. The van der Waals surface area contributed by atoms with Crippen molar-refractivity contribution in [2.24, 2.45) is 0 Å². The Balaban J connectivity index is 2.29. The fourth-order valence-corrected chi connectivity index (χ4v) is 1.27. The van der Waals surface area contributed by atoms with Crippen LogP contribution in [0.2, 0.25) is 5.28 Å². The van der Waals surface area contributed by atoms with Gasteiger partial charge in [0.05, 0.1) is 19.0 Å². The summed E-state index contributed by atoms with van der Waals surface area (Å²) in [7, 11) is 0. The average molecular weight is 225 g/mol. The van der Waals surface area contributed by atoms with Gasteiger partial charge in [-0.15, -0.1) is 0 Å². The van der Waals surface area contributed by atoms with Gasteiger partial charge in [-0.2, -0.15) is 10.1 Å². The minimum absolute atomic E-state index is 0.195. The van der Waals surface area contributed by atoms with Crippen molar-refractivity contribution in [1.82, 2.24) is 19.7 Å². The molecule has 15 heavy (non-hydrogen) atoms. The molecule has 2 aromatic heterocycles. The van der Waals surface area contributed by atoms with Gasteiger partial charge >= 0.3 is 0 Å². The second-order valence-electron chi connectivity index (χ2n) is 2.74. The highest BCUT2D eigenvalue weighted by molar-refractivity contribution is 6.28. The lowest BCUT2D eigenvalue weighted by molar-refractivity contribution is 0.340. The summed E-state index contributed by atoms with van der Waals surface area (Å²) in [6, 6.07) is 1.72. The first kappa shape index (κ1) is 9.92. The van der Waals surface area contributed by atoms with Crippen LogP contribution in [0.3, 0.4) is 0 Å². The van der Waals surface area contributed by atoms with E-state index in [0.29, 0.717) is 18.2 Å². The second kappa shape index (κ2) is 4.27. The van der Waals surface area contributed by atoms with Gasteiger partial charge in [0, 0.05) is 12.3 Å². The van der Waals surface area contributed by atoms with Crippen LogP contribution in [0.25, 0.3) is 5.82 Å². The molecule has 0 bridgehead atoms. The van der Waals surface area contributed by atoms with Crippen LogP contribution in [0, 0.1) is 0 Å². The molecule has 2 aromatic rings. The highest BCUT2D eigenvalue weighted by atomic mass is 35.5. The van der Waals surface area contributed by atoms with Gasteiger partial charge in [-0.3, -0.25) is 0 Å². The Hall–Kier alpha value is -1.62. The molecule has 0 aliphatic rings. The molecular weight excluding hydrogens is 216 g/mol. The van der Waals surface area contributed by atoms with Crippen molar-refractivity contribution < 1.29 is 4.74 Å². The number of halogens is 1. The van der Waals surface area contributed by atoms with E-state index in [0.717, 1.165) is 0 Å². The Morgan fingerprint density at radius 3 is 3.13 bits per heavy atom. The third-order valence-electron chi connectivity index (χ3n) is 1.72. The molecule has 0 saturated heterocycles. The lowest BCUT2D eigenvalue weighted by Gasteiger charge is -1.99. The summed E-state index contributed by atoms with van der Waals surface area (Å²) in [6.45, 7) is 2.52. The first-order chi connectivity index (χ1) is 7.29. The first-order valence-corrected chi connectivity index (χ1v) is 4.84. The Kier molecular flexibility index (Phi) is 2.82. The van der Waals surface area contributed by atoms with Gasteiger partial charge in [-0.25, -0.2) is 9.67 Å². The van der Waals surface area contributed by atoms with E-state index in [9.17, 15) is 0 Å². The summed E-state index contributed by atoms with van der Waals surface area (Å²) in [5, 5.41) is 4.28. The second-order valence-corrected chi connectivity index (χ2v) is 3.08. The van der Waals surface area contributed by atoms with E-state index in [1.165, 1.54) is 0 Å². The van der Waals surface area contributed by atoms with Crippen molar-refractivity contribution in [2.75, 3.05) is 6.61 Å². The summed E-state index contributed by atoms with van der Waals surface area (Å²) < 4.78 is 6.86. The van der Waals surface area contributed by atoms with Crippen molar-refractivity contribution in [3.05, 3.63) is 29.9 Å². The summed E-state index contributed by atoms with van der Waals surface area (Å²) in [5.41, 5.74) is 0. The summed E-state index contributed by atoms with van der Waals surface area (Å²) in [5.74, 6) is 1.31. The van der Waals surface area contributed by atoms with E-state index in [-0.39, 0.29) is 5.28 Å². The lowest BCUT2D eigenvalue weighted by atomic mass is 10.6. The van der Waals surface area contributed by atoms with E-state index in [2.05, 4.69) is 15.1 Å².